The summed E-state index contributed by atoms with van der Waals surface area (Å²) in [6.45, 7) is 0. The predicted octanol–water partition coefficient (Wildman–Crippen LogP) is 4.51. The highest BCUT2D eigenvalue weighted by atomic mass is 16.4. The van der Waals surface area contributed by atoms with Gasteiger partial charge in [0.15, 0.2) is 5.78 Å². The van der Waals surface area contributed by atoms with Crippen LogP contribution in [0.2, 0.25) is 0 Å². The SMILES string of the molecule is O=C(c1ccccc1)c1ccccc1C(C=NO)c1ccccc1. The van der Waals surface area contributed by atoms with E-state index in [1.54, 1.807) is 12.1 Å². The quantitative estimate of drug-likeness (QED) is 0.326. The van der Waals surface area contributed by atoms with E-state index in [9.17, 15) is 4.79 Å². The number of ketones is 1. The van der Waals surface area contributed by atoms with Gasteiger partial charge in [-0.15, -0.1) is 5.16 Å². The van der Waals surface area contributed by atoms with Gasteiger partial charge in [-0.25, -0.2) is 0 Å². The molecular formula is C21H17NO2. The second kappa shape index (κ2) is 7.38. The standard InChI is InChI=1S/C21H17NO2/c23-21(17-11-5-2-6-12-17)19-14-8-7-13-18(19)20(15-22-24)16-9-3-1-4-10-16/h1-15,20,24H. The first-order chi connectivity index (χ1) is 11.8. The Morgan fingerprint density at radius 1 is 0.833 bits per heavy atom. The maximum Gasteiger partial charge on any atom is 0.193 e. The molecule has 0 aliphatic rings. The van der Waals surface area contributed by atoms with Gasteiger partial charge in [0.05, 0.1) is 6.21 Å². The predicted molar refractivity (Wildman–Crippen MR) is 94.9 cm³/mol. The molecule has 118 valence electrons. The minimum Gasteiger partial charge on any atom is -0.411 e. The van der Waals surface area contributed by atoms with Crippen LogP contribution in [0.3, 0.4) is 0 Å². The van der Waals surface area contributed by atoms with Gasteiger partial charge in [-0.3, -0.25) is 4.79 Å². The van der Waals surface area contributed by atoms with Crippen molar-refractivity contribution >= 4 is 12.0 Å². The van der Waals surface area contributed by atoms with E-state index in [0.29, 0.717) is 11.1 Å². The van der Waals surface area contributed by atoms with Crippen molar-refractivity contribution in [1.29, 1.82) is 0 Å². The topological polar surface area (TPSA) is 49.7 Å². The van der Waals surface area contributed by atoms with E-state index in [1.165, 1.54) is 6.21 Å². The summed E-state index contributed by atoms with van der Waals surface area (Å²) in [5.41, 5.74) is 3.02. The lowest BCUT2D eigenvalue weighted by molar-refractivity contribution is 0.103. The van der Waals surface area contributed by atoms with Crippen molar-refractivity contribution in [1.82, 2.24) is 0 Å². The van der Waals surface area contributed by atoms with Crippen molar-refractivity contribution < 1.29 is 10.0 Å². The van der Waals surface area contributed by atoms with Crippen LogP contribution in [0.25, 0.3) is 0 Å². The fourth-order valence-corrected chi connectivity index (χ4v) is 2.79. The summed E-state index contributed by atoms with van der Waals surface area (Å²) in [6.07, 6.45) is 1.45. The third-order valence-electron chi connectivity index (χ3n) is 3.95. The summed E-state index contributed by atoms with van der Waals surface area (Å²) < 4.78 is 0. The zero-order valence-corrected chi connectivity index (χ0v) is 13.0. The molecule has 0 radical (unpaired) electrons. The monoisotopic (exact) mass is 315 g/mol. The van der Waals surface area contributed by atoms with Crippen LogP contribution >= 0.6 is 0 Å². The fourth-order valence-electron chi connectivity index (χ4n) is 2.79. The van der Waals surface area contributed by atoms with Gasteiger partial charge in [-0.05, 0) is 11.1 Å². The van der Waals surface area contributed by atoms with E-state index in [2.05, 4.69) is 5.16 Å². The Labute approximate surface area is 140 Å². The molecule has 0 heterocycles. The van der Waals surface area contributed by atoms with Crippen LogP contribution in [-0.4, -0.2) is 17.2 Å². The Morgan fingerprint density at radius 2 is 1.42 bits per heavy atom. The van der Waals surface area contributed by atoms with Crippen LogP contribution in [0.5, 0.6) is 0 Å². The molecule has 0 aliphatic heterocycles. The van der Waals surface area contributed by atoms with Crippen molar-refractivity contribution in [3.63, 3.8) is 0 Å². The molecule has 3 nitrogen and oxygen atoms in total. The third-order valence-corrected chi connectivity index (χ3v) is 3.95. The molecule has 24 heavy (non-hydrogen) atoms. The molecule has 0 fully saturated rings. The molecule has 3 rings (SSSR count). The molecule has 0 aliphatic carbocycles. The lowest BCUT2D eigenvalue weighted by atomic mass is 9.86. The second-order valence-corrected chi connectivity index (χ2v) is 5.44. The van der Waals surface area contributed by atoms with Gasteiger partial charge >= 0.3 is 0 Å². The molecule has 1 atom stereocenters. The first-order valence-corrected chi connectivity index (χ1v) is 7.72. The lowest BCUT2D eigenvalue weighted by Gasteiger charge is -2.16. The Hall–Kier alpha value is -3.20. The second-order valence-electron chi connectivity index (χ2n) is 5.44. The number of oxime groups is 1. The average Bonchev–Trinajstić information content (AvgIpc) is 2.67. The first-order valence-electron chi connectivity index (χ1n) is 7.72. The number of benzene rings is 3. The van der Waals surface area contributed by atoms with Crippen LogP contribution in [0, 0.1) is 0 Å². The van der Waals surface area contributed by atoms with E-state index in [0.717, 1.165) is 11.1 Å². The van der Waals surface area contributed by atoms with Crippen LogP contribution in [0.15, 0.2) is 90.1 Å². The normalized spacial score (nSPS) is 12.2. The Kier molecular flexibility index (Phi) is 4.82. The smallest absolute Gasteiger partial charge is 0.193 e. The molecule has 0 saturated carbocycles. The lowest BCUT2D eigenvalue weighted by Crippen LogP contribution is -2.11. The number of rotatable bonds is 5. The molecule has 3 heteroatoms. The van der Waals surface area contributed by atoms with Gasteiger partial charge in [0.1, 0.15) is 0 Å². The van der Waals surface area contributed by atoms with Gasteiger partial charge < -0.3 is 5.21 Å². The van der Waals surface area contributed by atoms with Crippen LogP contribution in [0.1, 0.15) is 33.0 Å². The molecule has 0 spiro atoms. The number of carbonyl (C=O) groups is 1. The maximum absolute atomic E-state index is 12.9. The largest absolute Gasteiger partial charge is 0.411 e. The van der Waals surface area contributed by atoms with Crippen molar-refractivity contribution in [2.24, 2.45) is 5.16 Å². The zero-order valence-electron chi connectivity index (χ0n) is 13.0. The van der Waals surface area contributed by atoms with E-state index >= 15 is 0 Å². The summed E-state index contributed by atoms with van der Waals surface area (Å²) in [7, 11) is 0. The highest BCUT2D eigenvalue weighted by Gasteiger charge is 2.20. The van der Waals surface area contributed by atoms with Crippen molar-refractivity contribution in [2.45, 2.75) is 5.92 Å². The third kappa shape index (κ3) is 3.25. The fraction of sp³-hybridized carbons (Fsp3) is 0.0476. The molecule has 1 N–H and O–H groups in total. The van der Waals surface area contributed by atoms with Crippen LogP contribution < -0.4 is 0 Å². The van der Waals surface area contributed by atoms with Gasteiger partial charge in [0, 0.05) is 17.0 Å². The summed E-state index contributed by atoms with van der Waals surface area (Å²) >= 11 is 0. The zero-order chi connectivity index (χ0) is 16.8. The highest BCUT2D eigenvalue weighted by molar-refractivity contribution is 6.10. The van der Waals surface area contributed by atoms with Crippen molar-refractivity contribution in [3.8, 4) is 0 Å². The van der Waals surface area contributed by atoms with E-state index in [-0.39, 0.29) is 11.7 Å². The molecule has 1 unspecified atom stereocenters. The average molecular weight is 315 g/mol. The molecule has 3 aromatic rings. The van der Waals surface area contributed by atoms with E-state index in [4.69, 9.17) is 5.21 Å². The first kappa shape index (κ1) is 15.7. The van der Waals surface area contributed by atoms with Crippen molar-refractivity contribution in [2.75, 3.05) is 0 Å². The summed E-state index contributed by atoms with van der Waals surface area (Å²) in [5.74, 6) is -0.335. The van der Waals surface area contributed by atoms with Gasteiger partial charge in [0.25, 0.3) is 0 Å². The molecule has 0 bridgehead atoms. The van der Waals surface area contributed by atoms with Crippen LogP contribution in [0.4, 0.5) is 0 Å². The molecule has 3 aromatic carbocycles. The molecule has 0 saturated heterocycles. The van der Waals surface area contributed by atoms with Gasteiger partial charge in [-0.2, -0.15) is 0 Å². The minimum absolute atomic E-state index is 0.0431. The Balaban J connectivity index is 2.09. The van der Waals surface area contributed by atoms with E-state index in [1.807, 2.05) is 72.8 Å². The Bertz CT molecular complexity index is 842. The summed E-state index contributed by atoms with van der Waals surface area (Å²) in [6, 6.07) is 26.3. The summed E-state index contributed by atoms with van der Waals surface area (Å²) in [5, 5.41) is 12.3. The minimum atomic E-state index is -0.292. The molecule has 0 amide bonds. The summed E-state index contributed by atoms with van der Waals surface area (Å²) in [4.78, 5) is 12.9. The Morgan fingerprint density at radius 3 is 2.08 bits per heavy atom. The molecule has 0 aromatic heterocycles. The number of hydrogen-bond acceptors (Lipinski definition) is 3. The molecular weight excluding hydrogens is 298 g/mol. The van der Waals surface area contributed by atoms with E-state index < -0.39 is 0 Å². The van der Waals surface area contributed by atoms with Gasteiger partial charge in [-0.1, -0.05) is 84.9 Å². The number of hydrogen-bond donors (Lipinski definition) is 1. The number of nitrogens with zero attached hydrogens (tertiary/aromatic N) is 1. The maximum atomic E-state index is 12.9. The van der Waals surface area contributed by atoms with Crippen molar-refractivity contribution in [3.05, 3.63) is 107 Å². The number of carbonyl (C=O) groups excluding carboxylic acids is 1. The van der Waals surface area contributed by atoms with Gasteiger partial charge in [0.2, 0.25) is 0 Å². The van der Waals surface area contributed by atoms with Crippen LogP contribution in [-0.2, 0) is 0 Å². The highest BCUT2D eigenvalue weighted by Crippen LogP contribution is 2.27.